The maximum atomic E-state index is 12.4. The average molecular weight is 344 g/mol. The third-order valence-corrected chi connectivity index (χ3v) is 4.38. The topological polar surface area (TPSA) is 82.1 Å². The highest BCUT2D eigenvalue weighted by Crippen LogP contribution is 2.34. The zero-order valence-electron chi connectivity index (χ0n) is 14.2. The number of ketones is 2. The predicted octanol–water partition coefficient (Wildman–Crippen LogP) is 2.83. The van der Waals surface area contributed by atoms with Crippen LogP contribution in [0.1, 0.15) is 35.7 Å². The first-order valence-electron chi connectivity index (χ1n) is 8.11. The number of aliphatic hydroxyl groups is 1. The van der Waals surface area contributed by atoms with Crippen molar-refractivity contribution in [3.05, 3.63) is 47.1 Å². The van der Waals surface area contributed by atoms with Crippen molar-refractivity contribution >= 4 is 17.3 Å². The van der Waals surface area contributed by atoms with Gasteiger partial charge in [0.1, 0.15) is 11.5 Å². The van der Waals surface area contributed by atoms with E-state index in [1.807, 2.05) is 6.92 Å². The molecule has 1 heterocycles. The van der Waals surface area contributed by atoms with Gasteiger partial charge in [-0.05, 0) is 19.4 Å². The number of carbonyl (C=O) groups excluding carboxylic acids is 2. The molecule has 0 amide bonds. The van der Waals surface area contributed by atoms with Gasteiger partial charge in [0, 0.05) is 12.0 Å². The summed E-state index contributed by atoms with van der Waals surface area (Å²) in [5.74, 6) is -1.99. The molecule has 0 unspecified atom stereocenters. The van der Waals surface area contributed by atoms with Crippen molar-refractivity contribution in [1.29, 1.82) is 0 Å². The highest BCUT2D eigenvalue weighted by molar-refractivity contribution is 6.53. The van der Waals surface area contributed by atoms with E-state index in [1.54, 1.807) is 24.3 Å². The number of hydrogen-bond donors (Lipinski definition) is 1. The molecule has 1 aliphatic carbocycles. The largest absolute Gasteiger partial charge is 0.507 e. The summed E-state index contributed by atoms with van der Waals surface area (Å²) < 4.78 is 16.2. The van der Waals surface area contributed by atoms with Gasteiger partial charge in [0.2, 0.25) is 11.6 Å². The number of allylic oxidation sites excluding steroid dienone is 3. The minimum absolute atomic E-state index is 0.0100. The van der Waals surface area contributed by atoms with Gasteiger partial charge < -0.3 is 19.3 Å². The SMILES string of the molecule is COc1cccc2c1C(=O)C(=O)C(/C=C/CCC1(C)OCCO1)=C2O. The molecule has 3 rings (SSSR count). The molecule has 0 saturated carbocycles. The predicted molar refractivity (Wildman–Crippen MR) is 90.6 cm³/mol. The van der Waals surface area contributed by atoms with E-state index in [1.165, 1.54) is 13.2 Å². The number of Topliss-reactive ketones (excluding diaryl/α,β-unsaturated/α-hetero) is 2. The average Bonchev–Trinajstić information content (AvgIpc) is 3.05. The van der Waals surface area contributed by atoms with Gasteiger partial charge in [0.15, 0.2) is 5.79 Å². The Morgan fingerprint density at radius 2 is 1.96 bits per heavy atom. The fourth-order valence-corrected chi connectivity index (χ4v) is 3.02. The van der Waals surface area contributed by atoms with Gasteiger partial charge in [-0.1, -0.05) is 24.3 Å². The molecule has 2 aliphatic rings. The lowest BCUT2D eigenvalue weighted by Gasteiger charge is -2.21. The number of methoxy groups -OCH3 is 1. The maximum absolute atomic E-state index is 12.4. The monoisotopic (exact) mass is 344 g/mol. The van der Waals surface area contributed by atoms with Crippen molar-refractivity contribution in [3.63, 3.8) is 0 Å². The Labute approximate surface area is 145 Å². The quantitative estimate of drug-likeness (QED) is 0.827. The molecule has 1 saturated heterocycles. The molecule has 0 radical (unpaired) electrons. The number of fused-ring (bicyclic) bond motifs is 1. The second-order valence-corrected chi connectivity index (χ2v) is 6.08. The van der Waals surface area contributed by atoms with Gasteiger partial charge in [-0.25, -0.2) is 0 Å². The lowest BCUT2D eigenvalue weighted by molar-refractivity contribution is -0.145. The summed E-state index contributed by atoms with van der Waals surface area (Å²) in [6.45, 7) is 3.00. The summed E-state index contributed by atoms with van der Waals surface area (Å²) >= 11 is 0. The Morgan fingerprint density at radius 3 is 2.64 bits per heavy atom. The second-order valence-electron chi connectivity index (χ2n) is 6.08. The molecular formula is C19H20O6. The molecule has 0 bridgehead atoms. The molecule has 1 fully saturated rings. The van der Waals surface area contributed by atoms with E-state index < -0.39 is 17.4 Å². The summed E-state index contributed by atoms with van der Waals surface area (Å²) in [6.07, 6.45) is 4.41. The van der Waals surface area contributed by atoms with E-state index in [0.29, 0.717) is 31.6 Å². The molecule has 1 aromatic carbocycles. The Hall–Kier alpha value is -2.44. The van der Waals surface area contributed by atoms with Crippen LogP contribution in [-0.2, 0) is 14.3 Å². The summed E-state index contributed by atoms with van der Waals surface area (Å²) in [5.41, 5.74) is 0.395. The zero-order chi connectivity index (χ0) is 18.0. The molecule has 6 heteroatoms. The van der Waals surface area contributed by atoms with E-state index in [2.05, 4.69) is 0 Å². The first kappa shape index (κ1) is 17.4. The summed E-state index contributed by atoms with van der Waals surface area (Å²) in [6, 6.07) is 4.83. The van der Waals surface area contributed by atoms with Crippen molar-refractivity contribution in [2.75, 3.05) is 20.3 Å². The van der Waals surface area contributed by atoms with E-state index >= 15 is 0 Å². The molecular weight excluding hydrogens is 324 g/mol. The normalized spacial score (nSPS) is 19.6. The Bertz CT molecular complexity index is 768. The lowest BCUT2D eigenvalue weighted by atomic mass is 9.87. The van der Waals surface area contributed by atoms with Crippen molar-refractivity contribution in [3.8, 4) is 5.75 Å². The maximum Gasteiger partial charge on any atom is 0.238 e. The first-order valence-corrected chi connectivity index (χ1v) is 8.11. The van der Waals surface area contributed by atoms with Crippen molar-refractivity contribution in [1.82, 2.24) is 0 Å². The fourth-order valence-electron chi connectivity index (χ4n) is 3.02. The van der Waals surface area contributed by atoms with E-state index in [-0.39, 0.29) is 22.6 Å². The number of benzene rings is 1. The third-order valence-electron chi connectivity index (χ3n) is 4.38. The van der Waals surface area contributed by atoms with Crippen LogP contribution in [0.4, 0.5) is 0 Å². The smallest absolute Gasteiger partial charge is 0.238 e. The molecule has 0 spiro atoms. The molecule has 6 nitrogen and oxygen atoms in total. The van der Waals surface area contributed by atoms with Crippen LogP contribution in [0.15, 0.2) is 35.9 Å². The van der Waals surface area contributed by atoms with Crippen LogP contribution in [0.5, 0.6) is 5.75 Å². The molecule has 132 valence electrons. The lowest BCUT2D eigenvalue weighted by Crippen LogP contribution is -2.25. The number of aliphatic hydroxyl groups excluding tert-OH is 1. The number of carbonyl (C=O) groups is 2. The van der Waals surface area contributed by atoms with Gasteiger partial charge in [0.05, 0.1) is 31.5 Å². The Balaban J connectivity index is 1.83. The summed E-state index contributed by atoms with van der Waals surface area (Å²) in [4.78, 5) is 24.8. The highest BCUT2D eigenvalue weighted by atomic mass is 16.7. The fraction of sp³-hybridized carbons (Fsp3) is 0.368. The van der Waals surface area contributed by atoms with Crippen LogP contribution in [0.2, 0.25) is 0 Å². The van der Waals surface area contributed by atoms with Gasteiger partial charge >= 0.3 is 0 Å². The van der Waals surface area contributed by atoms with Crippen LogP contribution in [-0.4, -0.2) is 42.8 Å². The molecule has 25 heavy (non-hydrogen) atoms. The summed E-state index contributed by atoms with van der Waals surface area (Å²) in [7, 11) is 1.41. The molecule has 0 atom stereocenters. The number of hydrogen-bond acceptors (Lipinski definition) is 6. The van der Waals surface area contributed by atoms with E-state index in [4.69, 9.17) is 14.2 Å². The number of ether oxygens (including phenoxy) is 3. The van der Waals surface area contributed by atoms with E-state index in [0.717, 1.165) is 0 Å². The van der Waals surface area contributed by atoms with Crippen LogP contribution < -0.4 is 4.74 Å². The molecule has 1 aliphatic heterocycles. The van der Waals surface area contributed by atoms with Crippen LogP contribution >= 0.6 is 0 Å². The van der Waals surface area contributed by atoms with E-state index in [9.17, 15) is 14.7 Å². The first-order chi connectivity index (χ1) is 12.0. The van der Waals surface area contributed by atoms with Crippen molar-refractivity contribution < 1.29 is 28.9 Å². The van der Waals surface area contributed by atoms with Gasteiger partial charge in [-0.3, -0.25) is 9.59 Å². The second kappa shape index (κ2) is 6.82. The minimum Gasteiger partial charge on any atom is -0.507 e. The van der Waals surface area contributed by atoms with Crippen LogP contribution in [0, 0.1) is 0 Å². The number of rotatable bonds is 5. The highest BCUT2D eigenvalue weighted by Gasteiger charge is 2.34. The Kier molecular flexibility index (Phi) is 4.74. The standard InChI is InChI=1S/C19H20O6/c1-19(24-10-11-25-19)9-4-3-6-13-16(20)12-7-5-8-14(23-2)15(12)18(22)17(13)21/h3,5-8,20H,4,9-11H2,1-2H3/b6-3+. The van der Waals surface area contributed by atoms with Crippen LogP contribution in [0.3, 0.4) is 0 Å². The molecule has 0 aromatic heterocycles. The van der Waals surface area contributed by atoms with Gasteiger partial charge in [-0.15, -0.1) is 0 Å². The van der Waals surface area contributed by atoms with Crippen LogP contribution in [0.25, 0.3) is 5.76 Å². The van der Waals surface area contributed by atoms with Gasteiger partial charge in [-0.2, -0.15) is 0 Å². The van der Waals surface area contributed by atoms with Crippen molar-refractivity contribution in [2.24, 2.45) is 0 Å². The summed E-state index contributed by atoms with van der Waals surface area (Å²) in [5, 5.41) is 10.4. The third kappa shape index (κ3) is 3.23. The van der Waals surface area contributed by atoms with Gasteiger partial charge in [0.25, 0.3) is 0 Å². The zero-order valence-corrected chi connectivity index (χ0v) is 14.2. The molecule has 1 aromatic rings. The minimum atomic E-state index is -0.745. The van der Waals surface area contributed by atoms with Crippen molar-refractivity contribution in [2.45, 2.75) is 25.6 Å². The Morgan fingerprint density at radius 1 is 1.24 bits per heavy atom. The molecule has 1 N–H and O–H groups in total.